The number of Topliss-reactive ketones (excluding diaryl/α,β-unsaturated/α-hetero) is 1. The Morgan fingerprint density at radius 1 is 1.07 bits per heavy atom. The zero-order valence-corrected chi connectivity index (χ0v) is 16.1. The molecule has 0 bridgehead atoms. The summed E-state index contributed by atoms with van der Waals surface area (Å²) in [6, 6.07) is 11.7. The largest absolute Gasteiger partial charge is 0.503 e. The highest BCUT2D eigenvalue weighted by molar-refractivity contribution is 6.42. The Kier molecular flexibility index (Phi) is 4.90. The summed E-state index contributed by atoms with van der Waals surface area (Å²) in [5.74, 6) is -2.89. The molecule has 1 unspecified atom stereocenters. The first-order valence-electron chi connectivity index (χ1n) is 8.44. The van der Waals surface area contributed by atoms with Crippen LogP contribution < -0.4 is 4.90 Å². The predicted molar refractivity (Wildman–Crippen MR) is 106 cm³/mol. The Hall–Kier alpha value is -3.09. The smallest absolute Gasteiger partial charge is 0.294 e. The Morgan fingerprint density at radius 2 is 1.86 bits per heavy atom. The number of aliphatic hydroxyl groups is 1. The molecule has 146 valence electrons. The quantitative estimate of drug-likeness (QED) is 0.552. The number of nitrogens with zero attached hydrogens (tertiary/aromatic N) is 1. The van der Waals surface area contributed by atoms with Gasteiger partial charge in [-0.1, -0.05) is 35.3 Å². The molecule has 1 atom stereocenters. The fraction of sp³-hybridized carbons (Fsp3) is 0.0476. The third kappa shape index (κ3) is 3.30. The summed E-state index contributed by atoms with van der Waals surface area (Å²) in [4.78, 5) is 27.0. The van der Waals surface area contributed by atoms with E-state index < -0.39 is 29.3 Å². The summed E-state index contributed by atoms with van der Waals surface area (Å²) >= 11 is 12.1. The molecule has 2 heterocycles. The van der Waals surface area contributed by atoms with Gasteiger partial charge in [-0.2, -0.15) is 0 Å². The van der Waals surface area contributed by atoms with Crippen molar-refractivity contribution in [3.63, 3.8) is 0 Å². The van der Waals surface area contributed by atoms with Gasteiger partial charge in [0, 0.05) is 5.69 Å². The fourth-order valence-electron chi connectivity index (χ4n) is 3.27. The van der Waals surface area contributed by atoms with E-state index >= 15 is 0 Å². The van der Waals surface area contributed by atoms with Crippen molar-refractivity contribution in [3.05, 3.63) is 99.4 Å². The number of carbonyl (C=O) groups is 2. The lowest BCUT2D eigenvalue weighted by Crippen LogP contribution is -2.31. The second-order valence-electron chi connectivity index (χ2n) is 6.30. The van der Waals surface area contributed by atoms with Gasteiger partial charge in [0.05, 0.1) is 27.9 Å². The van der Waals surface area contributed by atoms with E-state index in [0.29, 0.717) is 5.56 Å². The van der Waals surface area contributed by atoms with E-state index in [2.05, 4.69) is 0 Å². The van der Waals surface area contributed by atoms with E-state index in [4.69, 9.17) is 27.6 Å². The first-order chi connectivity index (χ1) is 13.9. The van der Waals surface area contributed by atoms with Crippen LogP contribution in [0.1, 0.15) is 22.2 Å². The number of ketones is 1. The van der Waals surface area contributed by atoms with Crippen LogP contribution in [-0.4, -0.2) is 16.8 Å². The first-order valence-corrected chi connectivity index (χ1v) is 9.19. The van der Waals surface area contributed by atoms with Crippen molar-refractivity contribution >= 4 is 40.6 Å². The number of amides is 1. The van der Waals surface area contributed by atoms with Crippen molar-refractivity contribution < 1.29 is 23.5 Å². The minimum Gasteiger partial charge on any atom is -0.503 e. The van der Waals surface area contributed by atoms with Gasteiger partial charge in [0.2, 0.25) is 5.78 Å². The summed E-state index contributed by atoms with van der Waals surface area (Å²) in [6.07, 6.45) is 1.31. The third-order valence-electron chi connectivity index (χ3n) is 4.54. The third-order valence-corrected chi connectivity index (χ3v) is 5.28. The predicted octanol–water partition coefficient (Wildman–Crippen LogP) is 5.51. The number of benzene rings is 2. The minimum absolute atomic E-state index is 0.0505. The minimum atomic E-state index is -1.06. The Morgan fingerprint density at radius 3 is 2.52 bits per heavy atom. The molecule has 2 aromatic carbocycles. The van der Waals surface area contributed by atoms with E-state index in [1.807, 2.05) is 0 Å². The number of halogens is 3. The molecule has 8 heteroatoms. The molecule has 5 nitrogen and oxygen atoms in total. The van der Waals surface area contributed by atoms with Crippen LogP contribution in [0.4, 0.5) is 10.1 Å². The second-order valence-corrected chi connectivity index (χ2v) is 7.11. The highest BCUT2D eigenvalue weighted by atomic mass is 35.5. The molecule has 1 aliphatic heterocycles. The first kappa shape index (κ1) is 19.2. The topological polar surface area (TPSA) is 70.8 Å². The summed E-state index contributed by atoms with van der Waals surface area (Å²) < 4.78 is 19.0. The lowest BCUT2D eigenvalue weighted by molar-refractivity contribution is -0.117. The molecule has 29 heavy (non-hydrogen) atoms. The summed E-state index contributed by atoms with van der Waals surface area (Å²) in [7, 11) is 0. The van der Waals surface area contributed by atoms with Crippen LogP contribution in [0.3, 0.4) is 0 Å². The summed E-state index contributed by atoms with van der Waals surface area (Å²) in [5, 5.41) is 11.0. The van der Waals surface area contributed by atoms with Crippen molar-refractivity contribution in [2.24, 2.45) is 0 Å². The molecule has 1 N–H and O–H groups in total. The number of aliphatic hydroxyl groups excluding tert-OH is 1. The molecule has 1 aromatic heterocycles. The van der Waals surface area contributed by atoms with Crippen LogP contribution in [0.2, 0.25) is 10.0 Å². The molecule has 0 spiro atoms. The van der Waals surface area contributed by atoms with Gasteiger partial charge in [0.15, 0.2) is 11.5 Å². The SMILES string of the molecule is O=C(C1=C(O)C(=O)N(c2cccc(F)c2)C1c1ccc(Cl)c(Cl)c1)c1ccco1. The van der Waals surface area contributed by atoms with E-state index in [0.717, 1.165) is 11.0 Å². The second kappa shape index (κ2) is 7.39. The number of anilines is 1. The molecule has 0 saturated heterocycles. The number of hydrogen-bond donors (Lipinski definition) is 1. The van der Waals surface area contributed by atoms with Gasteiger partial charge < -0.3 is 9.52 Å². The maximum atomic E-state index is 13.8. The highest BCUT2D eigenvalue weighted by Crippen LogP contribution is 2.43. The fourth-order valence-corrected chi connectivity index (χ4v) is 3.57. The van der Waals surface area contributed by atoms with E-state index in [9.17, 15) is 19.1 Å². The van der Waals surface area contributed by atoms with Crippen LogP contribution >= 0.6 is 23.2 Å². The molecule has 0 radical (unpaired) electrons. The van der Waals surface area contributed by atoms with Crippen LogP contribution in [-0.2, 0) is 4.79 Å². The maximum absolute atomic E-state index is 13.8. The number of carbonyl (C=O) groups excluding carboxylic acids is 2. The van der Waals surface area contributed by atoms with Crippen LogP contribution in [0.5, 0.6) is 0 Å². The number of hydrogen-bond acceptors (Lipinski definition) is 4. The van der Waals surface area contributed by atoms with Gasteiger partial charge in [0.1, 0.15) is 5.82 Å². The van der Waals surface area contributed by atoms with Crippen LogP contribution in [0.25, 0.3) is 0 Å². The average molecular weight is 432 g/mol. The molecule has 1 aliphatic rings. The lowest BCUT2D eigenvalue weighted by atomic mass is 9.95. The molecule has 0 fully saturated rings. The maximum Gasteiger partial charge on any atom is 0.294 e. The van der Waals surface area contributed by atoms with Crippen LogP contribution in [0, 0.1) is 5.82 Å². The normalized spacial score (nSPS) is 16.6. The summed E-state index contributed by atoms with van der Waals surface area (Å²) in [5.41, 5.74) is 0.378. The van der Waals surface area contributed by atoms with Gasteiger partial charge in [-0.15, -0.1) is 0 Å². The van der Waals surface area contributed by atoms with Crippen molar-refractivity contribution in [2.75, 3.05) is 4.90 Å². The molecule has 3 aromatic rings. The van der Waals surface area contributed by atoms with Gasteiger partial charge in [0.25, 0.3) is 5.91 Å². The van der Waals surface area contributed by atoms with Gasteiger partial charge in [-0.3, -0.25) is 14.5 Å². The van der Waals surface area contributed by atoms with Gasteiger partial charge >= 0.3 is 0 Å². The Balaban J connectivity index is 1.91. The lowest BCUT2D eigenvalue weighted by Gasteiger charge is -2.27. The van der Waals surface area contributed by atoms with Crippen molar-refractivity contribution in [3.8, 4) is 0 Å². The van der Waals surface area contributed by atoms with E-state index in [1.165, 1.54) is 48.7 Å². The number of rotatable bonds is 4. The van der Waals surface area contributed by atoms with Crippen molar-refractivity contribution in [1.29, 1.82) is 0 Å². The average Bonchev–Trinajstić information content (AvgIpc) is 3.31. The standard InChI is InChI=1S/C21H12Cl2FNO4/c22-14-7-6-11(9-15(14)23)18-17(19(26)16-5-2-8-29-16)20(27)21(28)25(18)13-4-1-3-12(24)10-13/h1-10,18,27H. The molecular weight excluding hydrogens is 420 g/mol. The molecule has 0 saturated carbocycles. The zero-order chi connectivity index (χ0) is 20.7. The van der Waals surface area contributed by atoms with Crippen molar-refractivity contribution in [1.82, 2.24) is 0 Å². The summed E-state index contributed by atoms with van der Waals surface area (Å²) in [6.45, 7) is 0. The molecular formula is C21H12Cl2FNO4. The number of furan rings is 1. The zero-order valence-electron chi connectivity index (χ0n) is 14.6. The Labute approximate surface area is 174 Å². The monoisotopic (exact) mass is 431 g/mol. The van der Waals surface area contributed by atoms with Crippen LogP contribution in [0.15, 0.2) is 76.6 Å². The van der Waals surface area contributed by atoms with Crippen molar-refractivity contribution in [2.45, 2.75) is 6.04 Å². The molecule has 0 aliphatic carbocycles. The highest BCUT2D eigenvalue weighted by Gasteiger charge is 2.45. The Bertz CT molecular complexity index is 1160. The molecule has 4 rings (SSSR count). The molecule has 1 amide bonds. The van der Waals surface area contributed by atoms with Gasteiger partial charge in [-0.05, 0) is 48.0 Å². The van der Waals surface area contributed by atoms with Gasteiger partial charge in [-0.25, -0.2) is 4.39 Å². The van der Waals surface area contributed by atoms with E-state index in [-0.39, 0.29) is 27.1 Å². The van der Waals surface area contributed by atoms with E-state index in [1.54, 1.807) is 6.07 Å².